The van der Waals surface area contributed by atoms with E-state index < -0.39 is 17.8 Å². The first-order valence-corrected chi connectivity index (χ1v) is 9.87. The maximum atomic E-state index is 14.6. The van der Waals surface area contributed by atoms with Crippen molar-refractivity contribution in [2.45, 2.75) is 13.0 Å². The van der Waals surface area contributed by atoms with E-state index >= 15 is 0 Å². The van der Waals surface area contributed by atoms with Crippen molar-refractivity contribution < 1.29 is 19.1 Å². The van der Waals surface area contributed by atoms with Crippen molar-refractivity contribution in [3.63, 3.8) is 0 Å². The van der Waals surface area contributed by atoms with Crippen LogP contribution in [0.2, 0.25) is 0 Å². The third-order valence-electron chi connectivity index (χ3n) is 5.09. The van der Waals surface area contributed by atoms with Crippen LogP contribution in [-0.4, -0.2) is 40.1 Å². The number of nitrogens with zero attached hydrogens (tertiary/aromatic N) is 2. The van der Waals surface area contributed by atoms with E-state index in [0.717, 1.165) is 18.7 Å². The van der Waals surface area contributed by atoms with E-state index in [1.54, 1.807) is 54.7 Å². The molecule has 158 valence electrons. The van der Waals surface area contributed by atoms with Gasteiger partial charge in [0, 0.05) is 23.9 Å². The highest BCUT2D eigenvalue weighted by Crippen LogP contribution is 2.24. The van der Waals surface area contributed by atoms with E-state index in [4.69, 9.17) is 5.11 Å². The molecule has 0 bridgehead atoms. The second-order valence-electron chi connectivity index (χ2n) is 7.31. The van der Waals surface area contributed by atoms with Gasteiger partial charge < -0.3 is 10.4 Å². The number of nitrogens with one attached hydrogen (secondary N) is 2. The third-order valence-corrected chi connectivity index (χ3v) is 5.09. The van der Waals surface area contributed by atoms with Crippen molar-refractivity contribution >= 4 is 23.4 Å². The van der Waals surface area contributed by atoms with Crippen molar-refractivity contribution in [3.05, 3.63) is 77.7 Å². The summed E-state index contributed by atoms with van der Waals surface area (Å²) in [7, 11) is 0. The number of carbonyl (C=O) groups is 2. The summed E-state index contributed by atoms with van der Waals surface area (Å²) in [6, 6.07) is 14.4. The predicted octanol–water partition coefficient (Wildman–Crippen LogP) is 4.44. The number of halogens is 1. The molecule has 4 rings (SSSR count). The number of carboxylic acid groups (broad SMARTS) is 1. The number of anilines is 2. The lowest BCUT2D eigenvalue weighted by Crippen LogP contribution is -2.36. The van der Waals surface area contributed by atoms with Gasteiger partial charge in [-0.25, -0.2) is 9.18 Å². The van der Waals surface area contributed by atoms with E-state index in [2.05, 4.69) is 20.5 Å². The summed E-state index contributed by atoms with van der Waals surface area (Å²) in [5.74, 6) is -0.812. The number of carbonyl (C=O) groups excluding carboxylic acids is 1. The van der Waals surface area contributed by atoms with E-state index in [9.17, 15) is 14.0 Å². The van der Waals surface area contributed by atoms with Gasteiger partial charge in [-0.2, -0.15) is 0 Å². The molecule has 1 aromatic heterocycles. The highest BCUT2D eigenvalue weighted by atomic mass is 19.1. The van der Waals surface area contributed by atoms with Gasteiger partial charge in [-0.05, 0) is 55.4 Å². The van der Waals surface area contributed by atoms with Crippen molar-refractivity contribution in [2.24, 2.45) is 0 Å². The molecule has 0 aliphatic carbocycles. The summed E-state index contributed by atoms with van der Waals surface area (Å²) < 4.78 is 14.6. The largest absolute Gasteiger partial charge is 0.465 e. The molecule has 2 aromatic carbocycles. The molecule has 0 spiro atoms. The first-order valence-electron chi connectivity index (χ1n) is 9.87. The molecule has 2 heterocycles. The number of likely N-dealkylation sites (tertiary alicyclic amines) is 1. The maximum absolute atomic E-state index is 14.6. The fraction of sp³-hybridized carbons (Fsp3) is 0.174. The SMILES string of the molecule is O=C(O)Nc1ccccc1NC(=O)c1ccc(-c2ncc(CN3CCC3)cc2F)cc1. The summed E-state index contributed by atoms with van der Waals surface area (Å²) >= 11 is 0. The number of para-hydroxylation sites is 2. The molecule has 7 nitrogen and oxygen atoms in total. The predicted molar refractivity (Wildman–Crippen MR) is 116 cm³/mol. The Hall–Kier alpha value is -3.78. The normalized spacial score (nSPS) is 13.3. The van der Waals surface area contributed by atoms with Gasteiger partial charge in [0.25, 0.3) is 5.91 Å². The summed E-state index contributed by atoms with van der Waals surface area (Å²) in [5.41, 5.74) is 2.59. The van der Waals surface area contributed by atoms with Crippen molar-refractivity contribution in [2.75, 3.05) is 23.7 Å². The molecule has 3 aromatic rings. The van der Waals surface area contributed by atoms with Crippen LogP contribution in [0, 0.1) is 5.82 Å². The van der Waals surface area contributed by atoms with Gasteiger partial charge in [0.1, 0.15) is 11.5 Å². The molecule has 1 fully saturated rings. The molecule has 1 aliphatic heterocycles. The fourth-order valence-corrected chi connectivity index (χ4v) is 3.36. The minimum Gasteiger partial charge on any atom is -0.465 e. The zero-order valence-corrected chi connectivity index (χ0v) is 16.6. The van der Waals surface area contributed by atoms with E-state index in [0.29, 0.717) is 23.4 Å². The fourth-order valence-electron chi connectivity index (χ4n) is 3.36. The molecule has 31 heavy (non-hydrogen) atoms. The molecular formula is C23H21FN4O3. The molecule has 1 saturated heterocycles. The highest BCUT2D eigenvalue weighted by molar-refractivity contribution is 6.07. The Bertz CT molecular complexity index is 1110. The number of amides is 2. The summed E-state index contributed by atoms with van der Waals surface area (Å²) in [6.45, 7) is 2.76. The lowest BCUT2D eigenvalue weighted by atomic mass is 10.1. The van der Waals surface area contributed by atoms with Crippen LogP contribution in [0.4, 0.5) is 20.6 Å². The van der Waals surface area contributed by atoms with Crippen LogP contribution in [0.15, 0.2) is 60.8 Å². The Morgan fingerprint density at radius 1 is 1.03 bits per heavy atom. The average molecular weight is 420 g/mol. The molecule has 8 heteroatoms. The quantitative estimate of drug-likeness (QED) is 0.548. The van der Waals surface area contributed by atoms with E-state index in [1.165, 1.54) is 12.5 Å². The van der Waals surface area contributed by atoms with Crippen molar-refractivity contribution in [1.82, 2.24) is 9.88 Å². The van der Waals surface area contributed by atoms with Crippen LogP contribution >= 0.6 is 0 Å². The minimum absolute atomic E-state index is 0.232. The van der Waals surface area contributed by atoms with Gasteiger partial charge in [0.15, 0.2) is 0 Å². The van der Waals surface area contributed by atoms with Gasteiger partial charge in [-0.15, -0.1) is 0 Å². The number of benzene rings is 2. The Morgan fingerprint density at radius 3 is 2.29 bits per heavy atom. The Balaban J connectivity index is 1.47. The highest BCUT2D eigenvalue weighted by Gasteiger charge is 2.16. The maximum Gasteiger partial charge on any atom is 0.409 e. The van der Waals surface area contributed by atoms with Crippen molar-refractivity contribution in [1.29, 1.82) is 0 Å². The van der Waals surface area contributed by atoms with E-state index in [-0.39, 0.29) is 11.4 Å². The number of rotatable bonds is 6. The zero-order valence-electron chi connectivity index (χ0n) is 16.6. The molecule has 0 unspecified atom stereocenters. The molecule has 3 N–H and O–H groups in total. The smallest absolute Gasteiger partial charge is 0.409 e. The minimum atomic E-state index is -1.23. The van der Waals surface area contributed by atoms with Gasteiger partial charge in [0.2, 0.25) is 0 Å². The second kappa shape index (κ2) is 8.93. The van der Waals surface area contributed by atoms with Gasteiger partial charge >= 0.3 is 6.09 Å². The van der Waals surface area contributed by atoms with Crippen LogP contribution < -0.4 is 10.6 Å². The van der Waals surface area contributed by atoms with Crippen LogP contribution in [0.25, 0.3) is 11.3 Å². The number of hydrogen-bond donors (Lipinski definition) is 3. The lowest BCUT2D eigenvalue weighted by molar-refractivity contribution is 0.102. The molecule has 0 atom stereocenters. The third kappa shape index (κ3) is 4.87. The summed E-state index contributed by atoms with van der Waals surface area (Å²) in [4.78, 5) is 30.0. The number of pyridine rings is 1. The average Bonchev–Trinajstić information content (AvgIpc) is 2.72. The Morgan fingerprint density at radius 2 is 1.71 bits per heavy atom. The molecule has 1 aliphatic rings. The second-order valence-corrected chi connectivity index (χ2v) is 7.31. The molecule has 2 amide bonds. The first-order chi connectivity index (χ1) is 15.0. The van der Waals surface area contributed by atoms with Gasteiger partial charge in [-0.3, -0.25) is 20.0 Å². The summed E-state index contributed by atoms with van der Waals surface area (Å²) in [5, 5.41) is 13.8. The Labute approximate surface area is 178 Å². The molecule has 0 saturated carbocycles. The van der Waals surface area contributed by atoms with Crippen LogP contribution in [0.1, 0.15) is 22.3 Å². The van der Waals surface area contributed by atoms with Crippen LogP contribution in [-0.2, 0) is 6.54 Å². The van der Waals surface area contributed by atoms with Gasteiger partial charge in [0.05, 0.1) is 11.4 Å². The monoisotopic (exact) mass is 420 g/mol. The zero-order chi connectivity index (χ0) is 21.8. The molecular weight excluding hydrogens is 399 g/mol. The van der Waals surface area contributed by atoms with Crippen LogP contribution in [0.3, 0.4) is 0 Å². The number of hydrogen-bond acceptors (Lipinski definition) is 4. The first kappa shape index (κ1) is 20.5. The van der Waals surface area contributed by atoms with E-state index in [1.807, 2.05) is 0 Å². The topological polar surface area (TPSA) is 94.6 Å². The number of aromatic nitrogens is 1. The Kier molecular flexibility index (Phi) is 5.90. The summed E-state index contributed by atoms with van der Waals surface area (Å²) in [6.07, 6.45) is 1.63. The molecule has 0 radical (unpaired) electrons. The van der Waals surface area contributed by atoms with Crippen LogP contribution in [0.5, 0.6) is 0 Å². The van der Waals surface area contributed by atoms with Gasteiger partial charge in [-0.1, -0.05) is 24.3 Å². The lowest BCUT2D eigenvalue weighted by Gasteiger charge is -2.30. The standard InChI is InChI=1S/C23H21FN4O3/c24-18-12-15(14-28-10-3-11-28)13-25-21(18)16-6-8-17(9-7-16)22(29)26-19-4-1-2-5-20(19)27-23(30)31/h1-2,4-9,12-13,27H,3,10-11,14H2,(H,26,29)(H,30,31). The van der Waals surface area contributed by atoms with Crippen molar-refractivity contribution in [3.8, 4) is 11.3 Å².